The SMILES string of the molecule is N#Cc1nc(-c2ccccc2)oc1N1CCN(C(c2ccccc2)c2ccccc2)CC1. The number of benzene rings is 3. The van der Waals surface area contributed by atoms with Crippen LogP contribution in [0.25, 0.3) is 11.5 Å². The van der Waals surface area contributed by atoms with Gasteiger partial charge in [0, 0.05) is 31.7 Å². The number of rotatable bonds is 5. The summed E-state index contributed by atoms with van der Waals surface area (Å²) >= 11 is 0. The van der Waals surface area contributed by atoms with E-state index >= 15 is 0 Å². The van der Waals surface area contributed by atoms with Crippen LogP contribution in [0.2, 0.25) is 0 Å². The van der Waals surface area contributed by atoms with Crippen LogP contribution >= 0.6 is 0 Å². The minimum Gasteiger partial charge on any atom is -0.419 e. The standard InChI is InChI=1S/C27H24N4O/c28-20-24-27(32-26(29-24)23-14-8-3-9-15-23)31-18-16-30(17-19-31)25(21-10-4-1-5-11-21)22-12-6-2-7-13-22/h1-15,25H,16-19H2. The van der Waals surface area contributed by atoms with Gasteiger partial charge in [-0.3, -0.25) is 4.90 Å². The lowest BCUT2D eigenvalue weighted by Crippen LogP contribution is -2.48. The first-order valence-corrected chi connectivity index (χ1v) is 10.9. The van der Waals surface area contributed by atoms with Gasteiger partial charge in [-0.2, -0.15) is 10.2 Å². The summed E-state index contributed by atoms with van der Waals surface area (Å²) in [4.78, 5) is 9.08. The fourth-order valence-electron chi connectivity index (χ4n) is 4.37. The van der Waals surface area contributed by atoms with E-state index in [1.54, 1.807) is 0 Å². The molecule has 5 rings (SSSR count). The third-order valence-corrected chi connectivity index (χ3v) is 5.93. The lowest BCUT2D eigenvalue weighted by atomic mass is 9.96. The number of nitriles is 1. The second-order valence-corrected chi connectivity index (χ2v) is 7.90. The Balaban J connectivity index is 1.38. The van der Waals surface area contributed by atoms with Crippen LogP contribution in [0, 0.1) is 11.3 Å². The molecule has 5 heteroatoms. The Labute approximate surface area is 188 Å². The number of oxazole rings is 1. The Kier molecular flexibility index (Phi) is 5.69. The van der Waals surface area contributed by atoms with Crippen LogP contribution in [-0.4, -0.2) is 36.1 Å². The Morgan fingerprint density at radius 1 is 0.750 bits per heavy atom. The molecule has 32 heavy (non-hydrogen) atoms. The molecule has 1 saturated heterocycles. The Morgan fingerprint density at radius 2 is 1.28 bits per heavy atom. The van der Waals surface area contributed by atoms with Gasteiger partial charge in [-0.15, -0.1) is 0 Å². The zero-order valence-electron chi connectivity index (χ0n) is 17.8. The maximum absolute atomic E-state index is 9.64. The van der Waals surface area contributed by atoms with Crippen LogP contribution in [0.5, 0.6) is 0 Å². The van der Waals surface area contributed by atoms with Crippen molar-refractivity contribution in [3.05, 3.63) is 108 Å². The zero-order valence-corrected chi connectivity index (χ0v) is 17.8. The average Bonchev–Trinajstić information content (AvgIpc) is 3.31. The molecule has 0 spiro atoms. The first-order valence-electron chi connectivity index (χ1n) is 10.9. The number of nitrogens with zero attached hydrogens (tertiary/aromatic N) is 4. The van der Waals surface area contributed by atoms with E-state index in [9.17, 15) is 5.26 Å². The molecule has 0 amide bonds. The molecule has 0 saturated carbocycles. The molecule has 4 aromatic rings. The van der Waals surface area contributed by atoms with Crippen LogP contribution in [-0.2, 0) is 0 Å². The van der Waals surface area contributed by atoms with Crippen molar-refractivity contribution in [1.29, 1.82) is 5.26 Å². The highest BCUT2D eigenvalue weighted by Crippen LogP contribution is 2.32. The first kappa shape index (κ1) is 20.0. The molecule has 0 radical (unpaired) electrons. The predicted octanol–water partition coefficient (Wildman–Crippen LogP) is 5.12. The van der Waals surface area contributed by atoms with Gasteiger partial charge < -0.3 is 9.32 Å². The highest BCUT2D eigenvalue weighted by Gasteiger charge is 2.29. The van der Waals surface area contributed by atoms with Crippen LogP contribution in [0.3, 0.4) is 0 Å². The second kappa shape index (κ2) is 9.09. The number of anilines is 1. The van der Waals surface area contributed by atoms with E-state index in [2.05, 4.69) is 81.5 Å². The van der Waals surface area contributed by atoms with Crippen molar-refractivity contribution in [2.45, 2.75) is 6.04 Å². The second-order valence-electron chi connectivity index (χ2n) is 7.90. The molecular formula is C27H24N4O. The van der Waals surface area contributed by atoms with Gasteiger partial charge in [-0.05, 0) is 23.3 Å². The summed E-state index contributed by atoms with van der Waals surface area (Å²) in [6, 6.07) is 33.4. The summed E-state index contributed by atoms with van der Waals surface area (Å²) in [7, 11) is 0. The first-order chi connectivity index (χ1) is 15.8. The van der Waals surface area contributed by atoms with Gasteiger partial charge in [0.15, 0.2) is 0 Å². The smallest absolute Gasteiger partial charge is 0.235 e. The monoisotopic (exact) mass is 420 g/mol. The van der Waals surface area contributed by atoms with E-state index in [4.69, 9.17) is 4.42 Å². The molecule has 0 aliphatic carbocycles. The minimum absolute atomic E-state index is 0.199. The van der Waals surface area contributed by atoms with Crippen molar-refractivity contribution < 1.29 is 4.42 Å². The molecule has 1 aromatic heterocycles. The van der Waals surface area contributed by atoms with E-state index < -0.39 is 0 Å². The van der Waals surface area contributed by atoms with Crippen molar-refractivity contribution in [1.82, 2.24) is 9.88 Å². The fourth-order valence-corrected chi connectivity index (χ4v) is 4.37. The summed E-state index contributed by atoms with van der Waals surface area (Å²) in [5.41, 5.74) is 3.80. The molecule has 0 atom stereocenters. The largest absolute Gasteiger partial charge is 0.419 e. The Morgan fingerprint density at radius 3 is 1.81 bits per heavy atom. The topological polar surface area (TPSA) is 56.3 Å². The third kappa shape index (κ3) is 4.01. The lowest BCUT2D eigenvalue weighted by molar-refractivity contribution is 0.209. The molecule has 0 bridgehead atoms. The summed E-state index contributed by atoms with van der Waals surface area (Å²) in [6.45, 7) is 3.27. The van der Waals surface area contributed by atoms with Gasteiger partial charge in [-0.1, -0.05) is 78.9 Å². The Hall–Kier alpha value is -3.88. The van der Waals surface area contributed by atoms with Gasteiger partial charge >= 0.3 is 0 Å². The van der Waals surface area contributed by atoms with E-state index in [0.717, 1.165) is 31.7 Å². The lowest BCUT2D eigenvalue weighted by Gasteiger charge is -2.39. The fraction of sp³-hybridized carbons (Fsp3) is 0.185. The molecule has 1 aliphatic rings. The Bertz CT molecular complexity index is 1150. The molecule has 0 unspecified atom stereocenters. The van der Waals surface area contributed by atoms with Crippen molar-refractivity contribution in [3.8, 4) is 17.5 Å². The van der Waals surface area contributed by atoms with Crippen molar-refractivity contribution in [2.24, 2.45) is 0 Å². The van der Waals surface area contributed by atoms with Gasteiger partial charge in [0.05, 0.1) is 6.04 Å². The van der Waals surface area contributed by atoms with Gasteiger partial charge in [-0.25, -0.2) is 0 Å². The van der Waals surface area contributed by atoms with Gasteiger partial charge in [0.1, 0.15) is 6.07 Å². The van der Waals surface area contributed by atoms with Crippen LogP contribution in [0.15, 0.2) is 95.4 Å². The van der Waals surface area contributed by atoms with Crippen LogP contribution in [0.1, 0.15) is 22.9 Å². The van der Waals surface area contributed by atoms with E-state index in [0.29, 0.717) is 17.5 Å². The predicted molar refractivity (Wildman–Crippen MR) is 125 cm³/mol. The van der Waals surface area contributed by atoms with Crippen molar-refractivity contribution in [3.63, 3.8) is 0 Å². The molecule has 158 valence electrons. The zero-order chi connectivity index (χ0) is 21.8. The molecule has 1 fully saturated rings. The highest BCUT2D eigenvalue weighted by molar-refractivity contribution is 5.59. The maximum atomic E-state index is 9.64. The minimum atomic E-state index is 0.199. The van der Waals surface area contributed by atoms with Crippen molar-refractivity contribution in [2.75, 3.05) is 31.1 Å². The molecule has 5 nitrogen and oxygen atoms in total. The molecule has 1 aliphatic heterocycles. The van der Waals surface area contributed by atoms with Gasteiger partial charge in [0.25, 0.3) is 0 Å². The van der Waals surface area contributed by atoms with Crippen LogP contribution in [0.4, 0.5) is 5.88 Å². The number of piperazine rings is 1. The summed E-state index contributed by atoms with van der Waals surface area (Å²) in [6.07, 6.45) is 0. The molecular weight excluding hydrogens is 396 g/mol. The molecule has 2 heterocycles. The average molecular weight is 421 g/mol. The maximum Gasteiger partial charge on any atom is 0.235 e. The molecule has 0 N–H and O–H groups in total. The van der Waals surface area contributed by atoms with Gasteiger partial charge in [0.2, 0.25) is 17.5 Å². The van der Waals surface area contributed by atoms with E-state index in [1.807, 2.05) is 30.3 Å². The normalized spacial score (nSPS) is 14.4. The summed E-state index contributed by atoms with van der Waals surface area (Å²) in [5, 5.41) is 9.64. The molecule has 3 aromatic carbocycles. The van der Waals surface area contributed by atoms with Crippen LogP contribution < -0.4 is 4.90 Å². The number of hydrogen-bond donors (Lipinski definition) is 0. The third-order valence-electron chi connectivity index (χ3n) is 5.93. The highest BCUT2D eigenvalue weighted by atomic mass is 16.4. The summed E-state index contributed by atoms with van der Waals surface area (Å²) < 4.78 is 6.07. The van der Waals surface area contributed by atoms with E-state index in [-0.39, 0.29) is 6.04 Å². The number of aromatic nitrogens is 1. The van der Waals surface area contributed by atoms with Crippen molar-refractivity contribution >= 4 is 5.88 Å². The van der Waals surface area contributed by atoms with E-state index in [1.165, 1.54) is 11.1 Å². The quantitative estimate of drug-likeness (QED) is 0.448. The number of hydrogen-bond acceptors (Lipinski definition) is 5. The summed E-state index contributed by atoms with van der Waals surface area (Å²) in [5.74, 6) is 1.06.